The predicted octanol–water partition coefficient (Wildman–Crippen LogP) is 0.507. The molecule has 0 saturated carbocycles. The number of hydrogen-bond acceptors (Lipinski definition) is 3. The maximum Gasteiger partial charge on any atom is 0.374 e. The maximum absolute atomic E-state index is 10.0. The number of carboxylic acid groups (broad SMARTS) is 1. The fourth-order valence-corrected chi connectivity index (χ4v) is 0.390. The van der Waals surface area contributed by atoms with E-state index in [1.807, 2.05) is 0 Å². The number of aliphatic carboxylic acids is 1. The second-order valence-corrected chi connectivity index (χ2v) is 1.42. The Bertz CT molecular complexity index is 143. The first-order chi connectivity index (χ1) is 4.09. The van der Waals surface area contributed by atoms with Crippen LogP contribution in [0.3, 0.4) is 0 Å². The number of aliphatic hydroxyl groups is 1. The van der Waals surface area contributed by atoms with Crippen LogP contribution < -0.4 is 0 Å². The van der Waals surface area contributed by atoms with Gasteiger partial charge >= 0.3 is 5.97 Å². The summed E-state index contributed by atoms with van der Waals surface area (Å²) in [7, 11) is 1.18. The zero-order valence-corrected chi connectivity index (χ0v) is 5.21. The van der Waals surface area contributed by atoms with Crippen LogP contribution in [0.1, 0.15) is 6.92 Å². The van der Waals surface area contributed by atoms with Crippen LogP contribution in [-0.4, -0.2) is 23.3 Å². The van der Waals surface area contributed by atoms with Gasteiger partial charge in [-0.25, -0.2) is 4.79 Å². The van der Waals surface area contributed by atoms with Gasteiger partial charge in [0.2, 0.25) is 5.76 Å². The molecule has 0 spiro atoms. The van der Waals surface area contributed by atoms with Crippen LogP contribution in [0.5, 0.6) is 0 Å². The monoisotopic (exact) mass is 132 g/mol. The molecule has 2 N–H and O–H groups in total. The summed E-state index contributed by atoms with van der Waals surface area (Å²) in [6, 6.07) is 0. The number of hydrogen-bond donors (Lipinski definition) is 2. The van der Waals surface area contributed by atoms with Crippen molar-refractivity contribution in [3.05, 3.63) is 11.5 Å². The highest BCUT2D eigenvalue weighted by atomic mass is 16.5. The number of carbonyl (C=O) groups is 1. The average molecular weight is 132 g/mol. The molecule has 0 aliphatic rings. The molecule has 0 aromatic heterocycles. The molecule has 0 radical (unpaired) electrons. The molecule has 4 heteroatoms. The lowest BCUT2D eigenvalue weighted by Gasteiger charge is -1.98. The molecule has 0 rings (SSSR count). The molecule has 0 aliphatic carbocycles. The Kier molecular flexibility index (Phi) is 2.57. The van der Waals surface area contributed by atoms with Gasteiger partial charge in [0.25, 0.3) is 0 Å². The minimum Gasteiger partial charge on any atom is -0.508 e. The van der Waals surface area contributed by atoms with Crippen molar-refractivity contribution in [3.63, 3.8) is 0 Å². The molecule has 0 bridgehead atoms. The van der Waals surface area contributed by atoms with Gasteiger partial charge in [-0.15, -0.1) is 0 Å². The Morgan fingerprint density at radius 2 is 1.89 bits per heavy atom. The summed E-state index contributed by atoms with van der Waals surface area (Å²) in [6.07, 6.45) is 0. The van der Waals surface area contributed by atoms with Gasteiger partial charge in [-0.1, -0.05) is 0 Å². The van der Waals surface area contributed by atoms with Gasteiger partial charge < -0.3 is 14.9 Å². The minimum atomic E-state index is -1.27. The largest absolute Gasteiger partial charge is 0.508 e. The molecule has 0 fully saturated rings. The van der Waals surface area contributed by atoms with Gasteiger partial charge in [-0.2, -0.15) is 0 Å². The van der Waals surface area contributed by atoms with E-state index in [9.17, 15) is 4.79 Å². The zero-order valence-electron chi connectivity index (χ0n) is 5.21. The van der Waals surface area contributed by atoms with Crippen LogP contribution in [0.4, 0.5) is 0 Å². The van der Waals surface area contributed by atoms with E-state index in [1.165, 1.54) is 14.0 Å². The lowest BCUT2D eigenvalue weighted by Crippen LogP contribution is -2.04. The van der Waals surface area contributed by atoms with Crippen LogP contribution in [0.2, 0.25) is 0 Å². The predicted molar refractivity (Wildman–Crippen MR) is 30.0 cm³/mol. The van der Waals surface area contributed by atoms with Crippen molar-refractivity contribution in [2.24, 2.45) is 0 Å². The van der Waals surface area contributed by atoms with Crippen LogP contribution in [-0.2, 0) is 9.53 Å². The van der Waals surface area contributed by atoms with Crippen LogP contribution >= 0.6 is 0 Å². The Balaban J connectivity index is 4.35. The van der Waals surface area contributed by atoms with E-state index >= 15 is 0 Å². The first kappa shape index (κ1) is 7.81. The minimum absolute atomic E-state index is 0.329. The van der Waals surface area contributed by atoms with Crippen molar-refractivity contribution in [1.82, 2.24) is 0 Å². The Labute approximate surface area is 52.4 Å². The lowest BCUT2D eigenvalue weighted by atomic mass is 10.4. The standard InChI is InChI=1S/C5H8O4/c1-3(6)4(9-2)5(7)8/h6H,1-2H3,(H,7,8). The van der Waals surface area contributed by atoms with Gasteiger partial charge in [0.05, 0.1) is 7.11 Å². The van der Waals surface area contributed by atoms with Gasteiger partial charge in [0.15, 0.2) is 0 Å². The van der Waals surface area contributed by atoms with E-state index in [4.69, 9.17) is 10.2 Å². The molecule has 0 unspecified atom stereocenters. The van der Waals surface area contributed by atoms with Crippen molar-refractivity contribution in [1.29, 1.82) is 0 Å². The Hall–Kier alpha value is -1.19. The van der Waals surface area contributed by atoms with Crippen molar-refractivity contribution in [2.45, 2.75) is 6.92 Å². The fraction of sp³-hybridized carbons (Fsp3) is 0.400. The van der Waals surface area contributed by atoms with Crippen LogP contribution in [0, 0.1) is 0 Å². The number of allylic oxidation sites excluding steroid dienone is 1. The highest BCUT2D eigenvalue weighted by Gasteiger charge is 2.09. The molecule has 0 saturated heterocycles. The summed E-state index contributed by atoms with van der Waals surface area (Å²) < 4.78 is 4.30. The molecule has 0 atom stereocenters. The highest BCUT2D eigenvalue weighted by Crippen LogP contribution is 1.99. The van der Waals surface area contributed by atoms with Gasteiger partial charge in [0, 0.05) is 0 Å². The van der Waals surface area contributed by atoms with Crippen LogP contribution in [0.15, 0.2) is 11.5 Å². The van der Waals surface area contributed by atoms with E-state index in [-0.39, 0.29) is 5.76 Å². The van der Waals surface area contributed by atoms with E-state index in [0.29, 0.717) is 0 Å². The summed E-state index contributed by atoms with van der Waals surface area (Å²) in [6.45, 7) is 1.24. The third-order valence-corrected chi connectivity index (χ3v) is 0.727. The maximum atomic E-state index is 10.0. The Morgan fingerprint density at radius 3 is 1.89 bits per heavy atom. The third-order valence-electron chi connectivity index (χ3n) is 0.727. The number of methoxy groups -OCH3 is 1. The molecule has 0 aromatic rings. The molecule has 9 heavy (non-hydrogen) atoms. The quantitative estimate of drug-likeness (QED) is 0.424. The van der Waals surface area contributed by atoms with Gasteiger partial charge in [-0.05, 0) is 6.92 Å². The SMILES string of the molecule is COC(C(=O)O)=C(C)O. The highest BCUT2D eigenvalue weighted by molar-refractivity contribution is 5.84. The molecule has 0 aliphatic heterocycles. The smallest absolute Gasteiger partial charge is 0.374 e. The summed E-state index contributed by atoms with van der Waals surface area (Å²) >= 11 is 0. The molecule has 4 nitrogen and oxygen atoms in total. The Morgan fingerprint density at radius 1 is 1.44 bits per heavy atom. The van der Waals surface area contributed by atoms with Crippen molar-refractivity contribution in [3.8, 4) is 0 Å². The number of aliphatic hydroxyl groups excluding tert-OH is 1. The van der Waals surface area contributed by atoms with Crippen molar-refractivity contribution < 1.29 is 19.7 Å². The second-order valence-electron chi connectivity index (χ2n) is 1.42. The van der Waals surface area contributed by atoms with Crippen LogP contribution in [0.25, 0.3) is 0 Å². The summed E-state index contributed by atoms with van der Waals surface area (Å²) in [5, 5.41) is 16.8. The summed E-state index contributed by atoms with van der Waals surface area (Å²) in [5.74, 6) is -2.02. The van der Waals surface area contributed by atoms with E-state index in [1.54, 1.807) is 0 Å². The first-order valence-corrected chi connectivity index (χ1v) is 2.26. The van der Waals surface area contributed by atoms with E-state index < -0.39 is 11.7 Å². The van der Waals surface area contributed by atoms with Gasteiger partial charge in [0.1, 0.15) is 5.76 Å². The lowest BCUT2D eigenvalue weighted by molar-refractivity contribution is -0.136. The van der Waals surface area contributed by atoms with Gasteiger partial charge in [-0.3, -0.25) is 0 Å². The number of rotatable bonds is 2. The normalized spacial score (nSPS) is 12.2. The second kappa shape index (κ2) is 2.96. The topological polar surface area (TPSA) is 66.8 Å². The molecular weight excluding hydrogens is 124 g/mol. The molecule has 0 aromatic carbocycles. The third kappa shape index (κ3) is 2.03. The summed E-state index contributed by atoms with van der Waals surface area (Å²) in [4.78, 5) is 10.0. The first-order valence-electron chi connectivity index (χ1n) is 2.26. The molecule has 52 valence electrons. The van der Waals surface area contributed by atoms with Crippen molar-refractivity contribution >= 4 is 5.97 Å². The molecule has 0 heterocycles. The fourth-order valence-electron chi connectivity index (χ4n) is 0.390. The van der Waals surface area contributed by atoms with E-state index in [2.05, 4.69) is 4.74 Å². The zero-order chi connectivity index (χ0) is 7.44. The van der Waals surface area contributed by atoms with Crippen molar-refractivity contribution in [2.75, 3.05) is 7.11 Å². The number of carboxylic acids is 1. The summed E-state index contributed by atoms with van der Waals surface area (Å²) in [5.41, 5.74) is 0. The molecular formula is C5H8O4. The number of ether oxygens (including phenoxy) is 1. The average Bonchev–Trinajstić information content (AvgIpc) is 1.64. The molecule has 0 amide bonds. The van der Waals surface area contributed by atoms with E-state index in [0.717, 1.165) is 0 Å².